The molecule has 0 spiro atoms. The number of aryl methyl sites for hydroxylation is 2. The Labute approximate surface area is 153 Å². The Balaban J connectivity index is 1.96. The van der Waals surface area contributed by atoms with Gasteiger partial charge in [-0.15, -0.1) is 13.2 Å². The molecule has 2 rings (SSSR count). The van der Waals surface area contributed by atoms with Crippen molar-refractivity contribution in [1.29, 1.82) is 0 Å². The first-order chi connectivity index (χ1) is 12.6. The van der Waals surface area contributed by atoms with Crippen molar-refractivity contribution in [2.45, 2.75) is 26.6 Å². The van der Waals surface area contributed by atoms with Crippen LogP contribution in [0.5, 0.6) is 5.75 Å². The van der Waals surface area contributed by atoms with E-state index in [0.717, 1.165) is 12.1 Å². The Morgan fingerprint density at radius 2 is 1.89 bits per heavy atom. The average molecular weight is 385 g/mol. The highest BCUT2D eigenvalue weighted by Crippen LogP contribution is 2.24. The maximum Gasteiger partial charge on any atom is 0.573 e. The van der Waals surface area contributed by atoms with Gasteiger partial charge >= 0.3 is 6.36 Å². The molecule has 0 unspecified atom stereocenters. The Bertz CT molecular complexity index is 816. The summed E-state index contributed by atoms with van der Waals surface area (Å²) in [5, 5.41) is 6.30. The number of likely N-dealkylation sites (N-methyl/N-ethyl adjacent to an activating group) is 1. The lowest BCUT2D eigenvalue weighted by Gasteiger charge is -2.17. The molecule has 27 heavy (non-hydrogen) atoms. The summed E-state index contributed by atoms with van der Waals surface area (Å²) in [4.78, 5) is 25.8. The molecule has 0 aliphatic carbocycles. The standard InChI is InChI=1S/C17H18F3N3O4/c1-4-13-15(10(2)27-22-13)16(25)23(3)9-14(24)21-11-5-7-12(8-6-11)26-17(18,19)20/h5-8H,4,9H2,1-3H3,(H,21,24). The molecule has 1 N–H and O–H groups in total. The molecule has 2 amide bonds. The van der Waals surface area contributed by atoms with Gasteiger partial charge in [0.25, 0.3) is 5.91 Å². The smallest absolute Gasteiger partial charge is 0.406 e. The molecule has 0 aliphatic heterocycles. The van der Waals surface area contributed by atoms with Crippen LogP contribution in [0.1, 0.15) is 28.7 Å². The zero-order valence-electron chi connectivity index (χ0n) is 14.9. The van der Waals surface area contributed by atoms with E-state index in [1.165, 1.54) is 24.1 Å². The lowest BCUT2D eigenvalue weighted by molar-refractivity contribution is -0.274. The number of halogens is 3. The molecule has 10 heteroatoms. The van der Waals surface area contributed by atoms with E-state index in [1.807, 2.05) is 6.92 Å². The minimum atomic E-state index is -4.79. The predicted octanol–water partition coefficient (Wildman–Crippen LogP) is 3.15. The van der Waals surface area contributed by atoms with Gasteiger partial charge in [-0.25, -0.2) is 0 Å². The van der Waals surface area contributed by atoms with Crippen molar-refractivity contribution in [3.63, 3.8) is 0 Å². The monoisotopic (exact) mass is 385 g/mol. The van der Waals surface area contributed by atoms with Crippen LogP contribution in [0.3, 0.4) is 0 Å². The van der Waals surface area contributed by atoms with Gasteiger partial charge in [-0.1, -0.05) is 12.1 Å². The van der Waals surface area contributed by atoms with Gasteiger partial charge in [-0.2, -0.15) is 0 Å². The van der Waals surface area contributed by atoms with Crippen LogP contribution >= 0.6 is 0 Å². The van der Waals surface area contributed by atoms with Crippen molar-refractivity contribution in [1.82, 2.24) is 10.1 Å². The Morgan fingerprint density at radius 3 is 2.44 bits per heavy atom. The van der Waals surface area contributed by atoms with Crippen LogP contribution in [0, 0.1) is 6.92 Å². The molecule has 0 saturated heterocycles. The van der Waals surface area contributed by atoms with E-state index in [1.54, 1.807) is 6.92 Å². The van der Waals surface area contributed by atoms with Crippen molar-refractivity contribution in [3.05, 3.63) is 41.3 Å². The highest BCUT2D eigenvalue weighted by Gasteiger charge is 2.31. The fourth-order valence-electron chi connectivity index (χ4n) is 2.35. The van der Waals surface area contributed by atoms with Gasteiger partial charge in [0.2, 0.25) is 5.91 Å². The molecule has 7 nitrogen and oxygen atoms in total. The van der Waals surface area contributed by atoms with Crippen LogP contribution in [0.25, 0.3) is 0 Å². The summed E-state index contributed by atoms with van der Waals surface area (Å²) >= 11 is 0. The van der Waals surface area contributed by atoms with E-state index < -0.39 is 23.9 Å². The quantitative estimate of drug-likeness (QED) is 0.826. The molecule has 2 aromatic rings. The summed E-state index contributed by atoms with van der Waals surface area (Å²) < 4.78 is 45.2. The van der Waals surface area contributed by atoms with Crippen LogP contribution < -0.4 is 10.1 Å². The molecular weight excluding hydrogens is 367 g/mol. The first-order valence-electron chi connectivity index (χ1n) is 7.97. The van der Waals surface area contributed by atoms with Gasteiger partial charge in [0, 0.05) is 12.7 Å². The molecule has 1 aromatic carbocycles. The first-order valence-corrected chi connectivity index (χ1v) is 7.97. The van der Waals surface area contributed by atoms with Crippen LogP contribution in [-0.2, 0) is 11.2 Å². The van der Waals surface area contributed by atoms with Crippen molar-refractivity contribution >= 4 is 17.5 Å². The van der Waals surface area contributed by atoms with Gasteiger partial charge < -0.3 is 19.5 Å². The molecule has 0 atom stereocenters. The van der Waals surface area contributed by atoms with E-state index in [4.69, 9.17) is 4.52 Å². The minimum absolute atomic E-state index is 0.257. The lowest BCUT2D eigenvalue weighted by Crippen LogP contribution is -2.35. The van der Waals surface area contributed by atoms with Crippen LogP contribution in [0.4, 0.5) is 18.9 Å². The van der Waals surface area contributed by atoms with E-state index in [0.29, 0.717) is 23.4 Å². The summed E-state index contributed by atoms with van der Waals surface area (Å²) in [5.41, 5.74) is 1.09. The third-order valence-corrected chi connectivity index (χ3v) is 3.58. The van der Waals surface area contributed by atoms with Crippen molar-refractivity contribution < 1.29 is 32.0 Å². The number of amides is 2. The van der Waals surface area contributed by atoms with Crippen molar-refractivity contribution in [2.24, 2.45) is 0 Å². The summed E-state index contributed by atoms with van der Waals surface area (Å²) in [5.74, 6) is -0.954. The molecule has 0 aliphatic rings. The maximum absolute atomic E-state index is 12.5. The Hall–Kier alpha value is -3.04. The van der Waals surface area contributed by atoms with Crippen molar-refractivity contribution in [2.75, 3.05) is 18.9 Å². The molecule has 146 valence electrons. The third kappa shape index (κ3) is 5.47. The summed E-state index contributed by atoms with van der Waals surface area (Å²) in [6.07, 6.45) is -4.28. The first kappa shape index (κ1) is 20.3. The number of nitrogens with zero attached hydrogens (tertiary/aromatic N) is 2. The summed E-state index contributed by atoms with van der Waals surface area (Å²) in [6.45, 7) is 3.18. The number of aromatic nitrogens is 1. The number of anilines is 1. The summed E-state index contributed by atoms with van der Waals surface area (Å²) in [6, 6.07) is 4.68. The number of alkyl halides is 3. The van der Waals surface area contributed by atoms with E-state index in [-0.39, 0.29) is 12.2 Å². The molecule has 0 saturated carbocycles. The number of benzene rings is 1. The second-order valence-corrected chi connectivity index (χ2v) is 5.70. The number of rotatable bonds is 6. The Morgan fingerprint density at radius 1 is 1.26 bits per heavy atom. The van der Waals surface area contributed by atoms with Gasteiger partial charge in [0.05, 0.1) is 12.2 Å². The highest BCUT2D eigenvalue weighted by atomic mass is 19.4. The molecule has 1 heterocycles. The zero-order chi connectivity index (χ0) is 20.2. The molecular formula is C17H18F3N3O4. The second kappa shape index (κ2) is 8.11. The van der Waals surface area contributed by atoms with E-state index >= 15 is 0 Å². The normalized spacial score (nSPS) is 11.2. The maximum atomic E-state index is 12.5. The average Bonchev–Trinajstić information content (AvgIpc) is 2.95. The van der Waals surface area contributed by atoms with Crippen LogP contribution in [-0.4, -0.2) is 41.8 Å². The fourth-order valence-corrected chi connectivity index (χ4v) is 2.35. The van der Waals surface area contributed by atoms with Crippen LogP contribution in [0.15, 0.2) is 28.8 Å². The number of carbonyl (C=O) groups excluding carboxylic acids is 2. The number of hydrogen-bond acceptors (Lipinski definition) is 5. The van der Waals surface area contributed by atoms with Crippen LogP contribution in [0.2, 0.25) is 0 Å². The number of carbonyl (C=O) groups is 2. The largest absolute Gasteiger partial charge is 0.573 e. The predicted molar refractivity (Wildman–Crippen MR) is 89.3 cm³/mol. The van der Waals surface area contributed by atoms with Gasteiger partial charge in [-0.3, -0.25) is 9.59 Å². The van der Waals surface area contributed by atoms with E-state index in [9.17, 15) is 22.8 Å². The molecule has 0 bridgehead atoms. The third-order valence-electron chi connectivity index (χ3n) is 3.58. The van der Waals surface area contributed by atoms with Crippen molar-refractivity contribution in [3.8, 4) is 5.75 Å². The lowest BCUT2D eigenvalue weighted by atomic mass is 10.1. The number of hydrogen-bond donors (Lipinski definition) is 1. The minimum Gasteiger partial charge on any atom is -0.406 e. The topological polar surface area (TPSA) is 84.7 Å². The second-order valence-electron chi connectivity index (χ2n) is 5.70. The number of ether oxygens (including phenoxy) is 1. The highest BCUT2D eigenvalue weighted by molar-refractivity contribution is 6.00. The zero-order valence-corrected chi connectivity index (χ0v) is 14.9. The van der Waals surface area contributed by atoms with E-state index in [2.05, 4.69) is 15.2 Å². The Kier molecular flexibility index (Phi) is 6.09. The van der Waals surface area contributed by atoms with Gasteiger partial charge in [0.1, 0.15) is 17.1 Å². The van der Waals surface area contributed by atoms with Gasteiger partial charge in [0.15, 0.2) is 0 Å². The SMILES string of the molecule is CCc1noc(C)c1C(=O)N(C)CC(=O)Nc1ccc(OC(F)(F)F)cc1. The summed E-state index contributed by atoms with van der Waals surface area (Å²) in [7, 11) is 1.45. The molecule has 0 fully saturated rings. The molecule has 0 radical (unpaired) electrons. The number of nitrogens with one attached hydrogen (secondary N) is 1. The molecule has 1 aromatic heterocycles. The fraction of sp³-hybridized carbons (Fsp3) is 0.353. The van der Waals surface area contributed by atoms with Gasteiger partial charge in [-0.05, 0) is 37.6 Å².